The highest BCUT2D eigenvalue weighted by atomic mass is 16.4. The Hall–Kier alpha value is -2.08. The lowest BCUT2D eigenvalue weighted by molar-refractivity contribution is -0.242. The SMILES string of the molecule is O=C([O-])Nc1nc2ccc(C(O)C3CC3)cc2[nH]1. The van der Waals surface area contributed by atoms with Crippen LogP contribution in [0.1, 0.15) is 24.5 Å². The zero-order valence-corrected chi connectivity index (χ0v) is 9.51. The summed E-state index contributed by atoms with van der Waals surface area (Å²) in [6, 6.07) is 5.37. The van der Waals surface area contributed by atoms with Gasteiger partial charge in [0.2, 0.25) is 5.95 Å². The maximum absolute atomic E-state index is 10.4. The number of hydrogen-bond acceptors (Lipinski definition) is 4. The quantitative estimate of drug-likeness (QED) is 0.744. The third-order valence-corrected chi connectivity index (χ3v) is 3.14. The number of rotatable bonds is 3. The fourth-order valence-corrected chi connectivity index (χ4v) is 2.05. The topological polar surface area (TPSA) is 101 Å². The summed E-state index contributed by atoms with van der Waals surface area (Å²) in [6.45, 7) is 0. The second kappa shape index (κ2) is 3.99. The van der Waals surface area contributed by atoms with Crippen LogP contribution in [-0.2, 0) is 0 Å². The first-order valence-corrected chi connectivity index (χ1v) is 5.79. The Balaban J connectivity index is 1.93. The lowest BCUT2D eigenvalue weighted by Crippen LogP contribution is -2.29. The first-order valence-electron chi connectivity index (χ1n) is 5.79. The maximum atomic E-state index is 10.4. The van der Waals surface area contributed by atoms with Gasteiger partial charge in [-0.05, 0) is 36.5 Å². The predicted octanol–water partition coefficient (Wildman–Crippen LogP) is 0.761. The van der Waals surface area contributed by atoms with E-state index in [4.69, 9.17) is 0 Å². The minimum Gasteiger partial charge on any atom is -0.530 e. The molecule has 0 bridgehead atoms. The van der Waals surface area contributed by atoms with Gasteiger partial charge in [-0.15, -0.1) is 0 Å². The van der Waals surface area contributed by atoms with Crippen LogP contribution in [0.5, 0.6) is 0 Å². The van der Waals surface area contributed by atoms with E-state index in [9.17, 15) is 15.0 Å². The maximum Gasteiger partial charge on any atom is 0.206 e. The number of H-pyrrole nitrogens is 1. The Morgan fingerprint density at radius 2 is 2.33 bits per heavy atom. The number of aromatic nitrogens is 2. The van der Waals surface area contributed by atoms with E-state index in [1.165, 1.54) is 0 Å². The van der Waals surface area contributed by atoms with Crippen molar-refractivity contribution in [3.63, 3.8) is 0 Å². The Morgan fingerprint density at radius 1 is 1.56 bits per heavy atom. The number of amides is 1. The number of fused-ring (bicyclic) bond motifs is 1. The molecule has 0 spiro atoms. The number of nitrogens with zero attached hydrogens (tertiary/aromatic N) is 1. The minimum absolute atomic E-state index is 0.128. The molecule has 0 aliphatic heterocycles. The summed E-state index contributed by atoms with van der Waals surface area (Å²) < 4.78 is 0. The van der Waals surface area contributed by atoms with Gasteiger partial charge in [0.1, 0.15) is 6.09 Å². The molecule has 1 aliphatic rings. The number of aliphatic hydroxyl groups excluding tert-OH is 1. The van der Waals surface area contributed by atoms with Gasteiger partial charge in [-0.25, -0.2) is 4.98 Å². The number of carbonyl (C=O) groups excluding carboxylic acids is 1. The van der Waals surface area contributed by atoms with E-state index in [0.717, 1.165) is 18.4 Å². The number of carboxylic acid groups (broad SMARTS) is 1. The lowest BCUT2D eigenvalue weighted by atomic mass is 10.1. The van der Waals surface area contributed by atoms with Crippen molar-refractivity contribution in [3.05, 3.63) is 23.8 Å². The Labute approximate surface area is 103 Å². The molecule has 1 aliphatic carbocycles. The van der Waals surface area contributed by atoms with Crippen LogP contribution in [0.3, 0.4) is 0 Å². The number of aliphatic hydroxyl groups is 1. The molecule has 1 heterocycles. The van der Waals surface area contributed by atoms with E-state index in [1.807, 2.05) is 6.07 Å². The third-order valence-electron chi connectivity index (χ3n) is 3.14. The van der Waals surface area contributed by atoms with Crippen LogP contribution in [0.4, 0.5) is 10.7 Å². The van der Waals surface area contributed by atoms with Gasteiger partial charge in [-0.2, -0.15) is 0 Å². The number of imidazole rings is 1. The molecule has 1 amide bonds. The monoisotopic (exact) mass is 246 g/mol. The molecular formula is C12H12N3O3-. The molecule has 1 unspecified atom stereocenters. The van der Waals surface area contributed by atoms with Crippen LogP contribution < -0.4 is 10.4 Å². The molecule has 1 saturated carbocycles. The molecule has 6 nitrogen and oxygen atoms in total. The van der Waals surface area contributed by atoms with E-state index < -0.39 is 12.2 Å². The molecule has 2 aromatic rings. The highest BCUT2D eigenvalue weighted by Gasteiger charge is 2.30. The van der Waals surface area contributed by atoms with Crippen molar-refractivity contribution < 1.29 is 15.0 Å². The molecule has 1 aromatic heterocycles. The van der Waals surface area contributed by atoms with Gasteiger partial charge in [-0.3, -0.25) is 0 Å². The van der Waals surface area contributed by atoms with Crippen molar-refractivity contribution in [1.29, 1.82) is 0 Å². The second-order valence-corrected chi connectivity index (χ2v) is 4.56. The second-order valence-electron chi connectivity index (χ2n) is 4.56. The first-order chi connectivity index (χ1) is 8.63. The van der Waals surface area contributed by atoms with E-state index in [1.54, 1.807) is 12.1 Å². The van der Waals surface area contributed by atoms with Crippen molar-refractivity contribution in [2.75, 3.05) is 5.32 Å². The number of carbonyl (C=O) groups is 1. The van der Waals surface area contributed by atoms with Crippen molar-refractivity contribution in [3.8, 4) is 0 Å². The van der Waals surface area contributed by atoms with Crippen LogP contribution in [0, 0.1) is 5.92 Å². The summed E-state index contributed by atoms with van der Waals surface area (Å²) >= 11 is 0. The summed E-state index contributed by atoms with van der Waals surface area (Å²) in [5, 5.41) is 22.5. The van der Waals surface area contributed by atoms with Gasteiger partial charge in [0, 0.05) is 0 Å². The summed E-state index contributed by atoms with van der Waals surface area (Å²) in [6.07, 6.45) is 0.252. The predicted molar refractivity (Wildman–Crippen MR) is 62.8 cm³/mol. The van der Waals surface area contributed by atoms with E-state index in [2.05, 4.69) is 15.3 Å². The van der Waals surface area contributed by atoms with Gasteiger partial charge in [0.25, 0.3) is 0 Å². The average Bonchev–Trinajstić information content (AvgIpc) is 3.08. The van der Waals surface area contributed by atoms with Gasteiger partial charge < -0.3 is 25.3 Å². The zero-order valence-electron chi connectivity index (χ0n) is 9.51. The highest BCUT2D eigenvalue weighted by molar-refractivity contribution is 5.84. The third kappa shape index (κ3) is 2.02. The number of anilines is 1. The smallest absolute Gasteiger partial charge is 0.206 e. The lowest BCUT2D eigenvalue weighted by Gasteiger charge is -2.08. The van der Waals surface area contributed by atoms with Crippen LogP contribution in [0.25, 0.3) is 11.0 Å². The van der Waals surface area contributed by atoms with E-state index in [-0.39, 0.29) is 5.95 Å². The molecule has 3 N–H and O–H groups in total. The summed E-state index contributed by atoms with van der Waals surface area (Å²) in [5.41, 5.74) is 2.16. The summed E-state index contributed by atoms with van der Waals surface area (Å²) in [7, 11) is 0. The minimum atomic E-state index is -1.41. The first kappa shape index (κ1) is 11.0. The Morgan fingerprint density at radius 3 is 3.00 bits per heavy atom. The fraction of sp³-hybridized carbons (Fsp3) is 0.333. The van der Waals surface area contributed by atoms with Crippen LogP contribution in [0.2, 0.25) is 0 Å². The fourth-order valence-electron chi connectivity index (χ4n) is 2.05. The molecule has 18 heavy (non-hydrogen) atoms. The zero-order chi connectivity index (χ0) is 12.7. The average molecular weight is 246 g/mol. The molecule has 0 saturated heterocycles. The number of hydrogen-bond donors (Lipinski definition) is 3. The Bertz CT molecular complexity index is 604. The Kier molecular flexibility index (Phi) is 2.45. The number of nitrogens with one attached hydrogen (secondary N) is 2. The molecule has 0 radical (unpaired) electrons. The standard InChI is InChI=1S/C12H13N3O3/c16-10(6-1-2-6)7-3-4-8-9(5-7)14-11(13-8)15-12(17)18/h3-6,10,16H,1-2H2,(H,17,18)(H2,13,14,15)/p-1. The van der Waals surface area contributed by atoms with Gasteiger partial charge in [0.15, 0.2) is 0 Å². The summed E-state index contributed by atoms with van der Waals surface area (Å²) in [4.78, 5) is 17.3. The normalized spacial score (nSPS) is 16.7. The molecule has 1 aromatic carbocycles. The molecule has 3 rings (SSSR count). The van der Waals surface area contributed by atoms with Gasteiger partial charge in [-0.1, -0.05) is 6.07 Å². The molecule has 1 atom stereocenters. The molecular weight excluding hydrogens is 234 g/mol. The summed E-state index contributed by atoms with van der Waals surface area (Å²) in [5.74, 6) is 0.481. The van der Waals surface area contributed by atoms with Crippen molar-refractivity contribution >= 4 is 23.1 Å². The van der Waals surface area contributed by atoms with Gasteiger partial charge >= 0.3 is 0 Å². The van der Waals surface area contributed by atoms with Crippen LogP contribution in [-0.4, -0.2) is 21.2 Å². The number of aromatic amines is 1. The highest BCUT2D eigenvalue weighted by Crippen LogP contribution is 2.41. The molecule has 94 valence electrons. The van der Waals surface area contributed by atoms with Crippen molar-refractivity contribution in [1.82, 2.24) is 9.97 Å². The van der Waals surface area contributed by atoms with Crippen LogP contribution >= 0.6 is 0 Å². The molecule has 6 heteroatoms. The van der Waals surface area contributed by atoms with E-state index in [0.29, 0.717) is 17.0 Å². The van der Waals surface area contributed by atoms with Crippen LogP contribution in [0.15, 0.2) is 18.2 Å². The largest absolute Gasteiger partial charge is 0.530 e. The van der Waals surface area contributed by atoms with Gasteiger partial charge in [0.05, 0.1) is 17.1 Å². The van der Waals surface area contributed by atoms with Crippen molar-refractivity contribution in [2.45, 2.75) is 18.9 Å². The number of benzene rings is 1. The molecule has 1 fully saturated rings. The van der Waals surface area contributed by atoms with E-state index >= 15 is 0 Å². The van der Waals surface area contributed by atoms with Crippen molar-refractivity contribution in [2.24, 2.45) is 5.92 Å².